The van der Waals surface area contributed by atoms with Gasteiger partial charge >= 0.3 is 18.2 Å². The summed E-state index contributed by atoms with van der Waals surface area (Å²) in [5.74, 6) is -2.33. The van der Waals surface area contributed by atoms with Gasteiger partial charge in [-0.05, 0) is 85.3 Å². The number of carbonyl (C=O) groups excluding carboxylic acids is 7. The van der Waals surface area contributed by atoms with Crippen molar-refractivity contribution in [2.45, 2.75) is 110 Å². The molecular formula is C64H73N5O16. The van der Waals surface area contributed by atoms with E-state index in [-0.39, 0.29) is 127 Å². The second-order valence-electron chi connectivity index (χ2n) is 22.5. The number of ether oxygens (including phenoxy) is 7. The van der Waals surface area contributed by atoms with E-state index in [1.807, 2.05) is 45.0 Å². The fourth-order valence-corrected chi connectivity index (χ4v) is 11.3. The predicted octanol–water partition coefficient (Wildman–Crippen LogP) is 8.05. The number of rotatable bonds is 23. The number of ketones is 1. The highest BCUT2D eigenvalue weighted by atomic mass is 16.6. The van der Waals surface area contributed by atoms with Crippen LogP contribution in [-0.2, 0) is 41.6 Å². The molecule has 6 atom stereocenters. The van der Waals surface area contributed by atoms with Crippen LogP contribution in [0.25, 0.3) is 5.57 Å². The van der Waals surface area contributed by atoms with E-state index in [0.29, 0.717) is 24.1 Å². The van der Waals surface area contributed by atoms with Crippen LogP contribution < -0.4 is 34.1 Å². The first-order valence-corrected chi connectivity index (χ1v) is 28.5. The van der Waals surface area contributed by atoms with E-state index in [1.54, 1.807) is 42.3 Å². The normalized spacial score (nSPS) is 19.7. The number of methoxy groups -OCH3 is 2. The third-order valence-corrected chi connectivity index (χ3v) is 16.3. The second kappa shape index (κ2) is 26.1. The SMILES string of the molecule is C=CCOC(=O)C[C@H](C(=O)N[C@@H](C)C(=O)Cc1ccc(COC(=O)N2c3cc(OCCCOc4cc5c(cc4OC)C(=O)N4C=C(c6ccc(C)cc6)C[C@H]4C(O)N5C(=O)OCC=C)c(OC)cc3C(=O)N3CC4(CC4)C[C@H]3C2O)cc1)C(C)C. The average Bonchev–Trinajstić information content (AvgIpc) is 2.24. The molecule has 4 aliphatic heterocycles. The van der Waals surface area contributed by atoms with Crippen LogP contribution in [0.5, 0.6) is 23.0 Å². The fourth-order valence-electron chi connectivity index (χ4n) is 11.3. The van der Waals surface area contributed by atoms with Crippen molar-refractivity contribution in [2.75, 3.05) is 57.0 Å². The maximum Gasteiger partial charge on any atom is 0.416 e. The maximum atomic E-state index is 14.5. The van der Waals surface area contributed by atoms with E-state index in [2.05, 4.69) is 18.5 Å². The Bertz CT molecular complexity index is 3260. The Kier molecular flexibility index (Phi) is 18.7. The first-order valence-electron chi connectivity index (χ1n) is 28.5. The van der Waals surface area contributed by atoms with Gasteiger partial charge in [0.15, 0.2) is 41.2 Å². The molecule has 0 aromatic heterocycles. The average molecular weight is 1170 g/mol. The zero-order valence-electron chi connectivity index (χ0n) is 48.7. The van der Waals surface area contributed by atoms with Gasteiger partial charge in [-0.15, -0.1) is 0 Å². The standard InChI is InChI=1S/C64H73N5O16/c1-9-22-83-56(71)30-44(37(3)4)57(72)65-39(6)51(70)26-40-14-16-41(17-15-40)35-85-63(78)69-48-32-55(53(80-8)29-46(48)59(74)67-36-64(20-21-64)33-50(67)61(69)76)82-25-11-24-81-54-31-47-45(28-52(54)79-7)58(73)66-34-43(42-18-12-38(5)13-19-42)27-49(66)60(75)68(47)62(77)84-23-10-2/h9-10,12-19,28-29,31-32,34,37,39,44,49-50,60-61,75-76H,1-2,11,20-27,30,33,35-36H2,3-8H3,(H,65,72)/t39-,44-,49-,50-,60?,61?/m0/s1. The highest BCUT2D eigenvalue weighted by Gasteiger charge is 2.58. The summed E-state index contributed by atoms with van der Waals surface area (Å²) >= 11 is 0. The van der Waals surface area contributed by atoms with Crippen LogP contribution in [0.2, 0.25) is 0 Å². The molecule has 85 heavy (non-hydrogen) atoms. The monoisotopic (exact) mass is 1170 g/mol. The minimum atomic E-state index is -1.53. The van der Waals surface area contributed by atoms with Crippen LogP contribution in [0.3, 0.4) is 0 Å². The van der Waals surface area contributed by atoms with Crippen LogP contribution >= 0.6 is 0 Å². The van der Waals surface area contributed by atoms with Gasteiger partial charge in [0.1, 0.15) is 19.8 Å². The van der Waals surface area contributed by atoms with Gasteiger partial charge < -0.3 is 58.5 Å². The zero-order valence-corrected chi connectivity index (χ0v) is 48.7. The molecule has 1 saturated carbocycles. The summed E-state index contributed by atoms with van der Waals surface area (Å²) < 4.78 is 40.4. The van der Waals surface area contributed by atoms with Gasteiger partial charge in [0.05, 0.1) is 80.4 Å². The smallest absolute Gasteiger partial charge is 0.416 e. The number of nitrogens with one attached hydrogen (secondary N) is 1. The van der Waals surface area contributed by atoms with E-state index < -0.39 is 66.5 Å². The Balaban J connectivity index is 0.878. The van der Waals surface area contributed by atoms with E-state index in [1.165, 1.54) is 55.5 Å². The molecule has 21 heteroatoms. The molecule has 0 bridgehead atoms. The lowest BCUT2D eigenvalue weighted by Crippen LogP contribution is -2.50. The van der Waals surface area contributed by atoms with E-state index >= 15 is 0 Å². The maximum absolute atomic E-state index is 14.5. The predicted molar refractivity (Wildman–Crippen MR) is 312 cm³/mol. The number of aryl methyl sites for hydroxylation is 1. The van der Waals surface area contributed by atoms with Gasteiger partial charge in [-0.3, -0.25) is 24.0 Å². The van der Waals surface area contributed by atoms with Crippen LogP contribution in [0.15, 0.2) is 104 Å². The molecule has 9 rings (SSSR count). The van der Waals surface area contributed by atoms with Gasteiger partial charge in [-0.1, -0.05) is 93.3 Å². The summed E-state index contributed by atoms with van der Waals surface area (Å²) in [7, 11) is 2.83. The number of anilines is 2. The lowest BCUT2D eigenvalue weighted by Gasteiger charge is -2.31. The van der Waals surface area contributed by atoms with Gasteiger partial charge in [-0.25, -0.2) is 19.4 Å². The molecule has 21 nitrogen and oxygen atoms in total. The van der Waals surface area contributed by atoms with Crippen LogP contribution in [-0.4, -0.2) is 139 Å². The molecule has 0 radical (unpaired) electrons. The number of hydrogen-bond donors (Lipinski definition) is 3. The molecule has 5 amide bonds. The summed E-state index contributed by atoms with van der Waals surface area (Å²) in [5, 5.41) is 26.9. The molecule has 450 valence electrons. The molecule has 3 N–H and O–H groups in total. The number of aliphatic hydroxyl groups excluding tert-OH is 2. The van der Waals surface area contributed by atoms with E-state index in [0.717, 1.165) is 39.3 Å². The number of amides is 5. The third-order valence-electron chi connectivity index (χ3n) is 16.3. The Morgan fingerprint density at radius 3 is 1.87 bits per heavy atom. The first kappa shape index (κ1) is 60.9. The third kappa shape index (κ3) is 13.2. The van der Waals surface area contributed by atoms with Crippen molar-refractivity contribution in [3.05, 3.63) is 138 Å². The van der Waals surface area contributed by atoms with Gasteiger partial charge in [0.2, 0.25) is 5.91 Å². The molecule has 4 heterocycles. The van der Waals surface area contributed by atoms with Gasteiger partial charge in [-0.2, -0.15) is 0 Å². The number of nitrogens with zero attached hydrogens (tertiary/aromatic N) is 4. The van der Waals surface area contributed by atoms with Crippen molar-refractivity contribution in [1.82, 2.24) is 15.1 Å². The van der Waals surface area contributed by atoms with Crippen molar-refractivity contribution in [2.24, 2.45) is 17.3 Å². The lowest BCUT2D eigenvalue weighted by atomic mass is 9.91. The quantitative estimate of drug-likeness (QED) is 0.0275. The summed E-state index contributed by atoms with van der Waals surface area (Å²) in [6.07, 6.45) is 2.25. The molecular weight excluding hydrogens is 1090 g/mol. The lowest BCUT2D eigenvalue weighted by molar-refractivity contribution is -0.146. The first-order chi connectivity index (χ1) is 40.8. The number of carbonyl (C=O) groups is 7. The largest absolute Gasteiger partial charge is 0.493 e. The number of Topliss-reactive ketones (excluding diaryl/α,β-unsaturated/α-hetero) is 1. The Morgan fingerprint density at radius 2 is 1.29 bits per heavy atom. The number of aliphatic hydroxyl groups is 2. The number of fused-ring (bicyclic) bond motifs is 4. The summed E-state index contributed by atoms with van der Waals surface area (Å²) in [5.41, 5.74) is 4.04. The van der Waals surface area contributed by atoms with Crippen LogP contribution in [0, 0.1) is 24.2 Å². The minimum Gasteiger partial charge on any atom is -0.493 e. The minimum absolute atomic E-state index is 0.00651. The van der Waals surface area contributed by atoms with Crippen molar-refractivity contribution in [3.8, 4) is 23.0 Å². The molecule has 1 saturated heterocycles. The molecule has 1 spiro atoms. The Hall–Kier alpha value is -8.69. The molecule has 2 unspecified atom stereocenters. The van der Waals surface area contributed by atoms with E-state index in [9.17, 15) is 43.8 Å². The number of esters is 1. The molecule has 1 aliphatic carbocycles. The van der Waals surface area contributed by atoms with Gasteiger partial charge in [0.25, 0.3) is 11.8 Å². The summed E-state index contributed by atoms with van der Waals surface area (Å²) in [4.78, 5) is 101. The molecule has 4 aromatic carbocycles. The summed E-state index contributed by atoms with van der Waals surface area (Å²) in [6, 6.07) is 18.0. The second-order valence-corrected chi connectivity index (χ2v) is 22.5. The zero-order chi connectivity index (χ0) is 60.9. The number of benzene rings is 4. The highest BCUT2D eigenvalue weighted by molar-refractivity contribution is 6.08. The molecule has 5 aliphatic rings. The van der Waals surface area contributed by atoms with Crippen molar-refractivity contribution in [3.63, 3.8) is 0 Å². The highest BCUT2D eigenvalue weighted by Crippen LogP contribution is 2.57. The van der Waals surface area contributed by atoms with Crippen LogP contribution in [0.4, 0.5) is 21.0 Å². The fraction of sp³-hybridized carbons (Fsp3) is 0.422. The molecule has 2 fully saturated rings. The number of hydrogen-bond acceptors (Lipinski definition) is 16. The van der Waals surface area contributed by atoms with E-state index in [4.69, 9.17) is 33.2 Å². The van der Waals surface area contributed by atoms with Crippen molar-refractivity contribution >= 4 is 58.6 Å². The molecule has 4 aromatic rings. The van der Waals surface area contributed by atoms with Crippen molar-refractivity contribution in [1.29, 1.82) is 0 Å². The summed E-state index contributed by atoms with van der Waals surface area (Å²) in [6.45, 7) is 14.4. The van der Waals surface area contributed by atoms with Crippen LogP contribution in [0.1, 0.15) is 102 Å². The Labute approximate surface area is 493 Å². The van der Waals surface area contributed by atoms with Gasteiger partial charge in [0, 0.05) is 37.7 Å². The Morgan fingerprint density at radius 1 is 0.729 bits per heavy atom. The topological polar surface area (TPSA) is 250 Å². The van der Waals surface area contributed by atoms with Crippen molar-refractivity contribution < 1.29 is 76.9 Å².